The Morgan fingerprint density at radius 1 is 1.25 bits per heavy atom. The minimum absolute atomic E-state index is 0.112. The minimum Gasteiger partial charge on any atom is -0.497 e. The first-order chi connectivity index (χ1) is 7.72. The van der Waals surface area contributed by atoms with E-state index in [0.29, 0.717) is 11.4 Å². The molecule has 0 amide bonds. The number of Topliss-reactive ketones (excluding diaryl/α,β-unsaturated/α-hetero) is 1. The van der Waals surface area contributed by atoms with Crippen LogP contribution in [-0.2, 0) is 0 Å². The van der Waals surface area contributed by atoms with E-state index in [1.165, 1.54) is 6.92 Å². The number of nitrogens with one attached hydrogen (secondary N) is 1. The summed E-state index contributed by atoms with van der Waals surface area (Å²) in [6.07, 6.45) is 0. The SMILES string of the molecule is COc1ccc(-c2n[nH]nc2C(C)=O)cc1. The first kappa shape index (κ1) is 10.4. The van der Waals surface area contributed by atoms with Crippen LogP contribution in [0.5, 0.6) is 5.75 Å². The molecular weight excluding hydrogens is 206 g/mol. The highest BCUT2D eigenvalue weighted by Gasteiger charge is 2.13. The molecule has 82 valence electrons. The van der Waals surface area contributed by atoms with Crippen LogP contribution in [0.25, 0.3) is 11.3 Å². The summed E-state index contributed by atoms with van der Waals surface area (Å²) in [5, 5.41) is 10.2. The maximum atomic E-state index is 11.3. The highest BCUT2D eigenvalue weighted by Crippen LogP contribution is 2.22. The lowest BCUT2D eigenvalue weighted by Crippen LogP contribution is -1.95. The number of aromatic amines is 1. The number of methoxy groups -OCH3 is 1. The van der Waals surface area contributed by atoms with Crippen LogP contribution >= 0.6 is 0 Å². The van der Waals surface area contributed by atoms with E-state index >= 15 is 0 Å². The van der Waals surface area contributed by atoms with Gasteiger partial charge >= 0.3 is 0 Å². The van der Waals surface area contributed by atoms with Gasteiger partial charge in [-0.25, -0.2) is 0 Å². The third kappa shape index (κ3) is 1.79. The van der Waals surface area contributed by atoms with Crippen molar-refractivity contribution in [2.45, 2.75) is 6.92 Å². The molecule has 0 saturated carbocycles. The highest BCUT2D eigenvalue weighted by atomic mass is 16.5. The molecule has 5 nitrogen and oxygen atoms in total. The molecule has 5 heteroatoms. The summed E-state index contributed by atoms with van der Waals surface area (Å²) in [5.41, 5.74) is 1.75. The molecule has 0 aliphatic heterocycles. The summed E-state index contributed by atoms with van der Waals surface area (Å²) in [6, 6.07) is 7.30. The van der Waals surface area contributed by atoms with Crippen molar-refractivity contribution in [2.24, 2.45) is 0 Å². The zero-order chi connectivity index (χ0) is 11.5. The molecule has 1 N–H and O–H groups in total. The van der Waals surface area contributed by atoms with E-state index in [-0.39, 0.29) is 5.78 Å². The predicted octanol–water partition coefficient (Wildman–Crippen LogP) is 1.68. The van der Waals surface area contributed by atoms with E-state index in [1.54, 1.807) is 7.11 Å². The molecule has 1 heterocycles. The quantitative estimate of drug-likeness (QED) is 0.794. The van der Waals surface area contributed by atoms with Gasteiger partial charge in [0.05, 0.1) is 7.11 Å². The Labute approximate surface area is 92.4 Å². The topological polar surface area (TPSA) is 67.9 Å². The highest BCUT2D eigenvalue weighted by molar-refractivity contribution is 5.97. The predicted molar refractivity (Wildman–Crippen MR) is 58.4 cm³/mol. The van der Waals surface area contributed by atoms with Gasteiger partial charge in [-0.1, -0.05) is 0 Å². The van der Waals surface area contributed by atoms with Crippen LogP contribution in [0.2, 0.25) is 0 Å². The number of ketones is 1. The summed E-state index contributed by atoms with van der Waals surface area (Å²) in [5.74, 6) is 0.649. The molecule has 1 aromatic carbocycles. The van der Waals surface area contributed by atoms with Gasteiger partial charge in [0, 0.05) is 12.5 Å². The van der Waals surface area contributed by atoms with Gasteiger partial charge in [0.1, 0.15) is 11.4 Å². The molecule has 0 aliphatic carbocycles. The Bertz CT molecular complexity index is 502. The molecule has 0 fully saturated rings. The number of hydrogen-bond donors (Lipinski definition) is 1. The second kappa shape index (κ2) is 4.14. The van der Waals surface area contributed by atoms with Crippen LogP contribution in [0.15, 0.2) is 24.3 Å². The summed E-state index contributed by atoms with van der Waals surface area (Å²) in [6.45, 7) is 1.46. The molecule has 0 unspecified atom stereocenters. The fourth-order valence-corrected chi connectivity index (χ4v) is 1.43. The van der Waals surface area contributed by atoms with Gasteiger partial charge in [-0.15, -0.1) is 0 Å². The standard InChI is InChI=1S/C11H11N3O2/c1-7(15)10-11(13-14-12-10)8-3-5-9(16-2)6-4-8/h3-6H,1-2H3,(H,12,13,14). The summed E-state index contributed by atoms with van der Waals surface area (Å²) in [4.78, 5) is 11.3. The number of carbonyl (C=O) groups is 1. The fourth-order valence-electron chi connectivity index (χ4n) is 1.43. The van der Waals surface area contributed by atoms with E-state index in [9.17, 15) is 4.79 Å². The Kier molecular flexibility index (Phi) is 2.68. The van der Waals surface area contributed by atoms with Crippen LogP contribution < -0.4 is 4.74 Å². The first-order valence-corrected chi connectivity index (χ1v) is 4.78. The second-order valence-corrected chi connectivity index (χ2v) is 3.31. The van der Waals surface area contributed by atoms with Crippen LogP contribution in [0.1, 0.15) is 17.4 Å². The van der Waals surface area contributed by atoms with E-state index in [4.69, 9.17) is 4.74 Å². The van der Waals surface area contributed by atoms with Crippen molar-refractivity contribution in [3.8, 4) is 17.0 Å². The van der Waals surface area contributed by atoms with E-state index in [1.807, 2.05) is 24.3 Å². The molecule has 0 radical (unpaired) electrons. The van der Waals surface area contributed by atoms with Gasteiger partial charge < -0.3 is 4.74 Å². The summed E-state index contributed by atoms with van der Waals surface area (Å²) >= 11 is 0. The molecular formula is C11H11N3O2. The van der Waals surface area contributed by atoms with Crippen molar-refractivity contribution in [3.05, 3.63) is 30.0 Å². The molecule has 0 aliphatic rings. The first-order valence-electron chi connectivity index (χ1n) is 4.78. The molecule has 2 rings (SSSR count). The Morgan fingerprint density at radius 3 is 2.50 bits per heavy atom. The smallest absolute Gasteiger partial charge is 0.182 e. The van der Waals surface area contributed by atoms with Crippen molar-refractivity contribution in [2.75, 3.05) is 7.11 Å². The number of ether oxygens (including phenoxy) is 1. The molecule has 0 saturated heterocycles. The molecule has 16 heavy (non-hydrogen) atoms. The number of H-pyrrole nitrogens is 1. The van der Waals surface area contributed by atoms with Crippen molar-refractivity contribution < 1.29 is 9.53 Å². The molecule has 0 bridgehead atoms. The zero-order valence-corrected chi connectivity index (χ0v) is 9.02. The Hall–Kier alpha value is -2.17. The molecule has 0 atom stereocenters. The third-order valence-electron chi connectivity index (χ3n) is 2.24. The van der Waals surface area contributed by atoms with Crippen LogP contribution in [-0.4, -0.2) is 28.3 Å². The molecule has 1 aromatic heterocycles. The van der Waals surface area contributed by atoms with E-state index in [2.05, 4.69) is 15.4 Å². The lowest BCUT2D eigenvalue weighted by molar-refractivity contribution is 0.101. The monoisotopic (exact) mass is 217 g/mol. The Morgan fingerprint density at radius 2 is 1.94 bits per heavy atom. The number of carbonyl (C=O) groups excluding carboxylic acids is 1. The van der Waals surface area contributed by atoms with Gasteiger partial charge in [0.2, 0.25) is 0 Å². The van der Waals surface area contributed by atoms with E-state index in [0.717, 1.165) is 11.3 Å². The fraction of sp³-hybridized carbons (Fsp3) is 0.182. The summed E-state index contributed by atoms with van der Waals surface area (Å²) < 4.78 is 5.05. The van der Waals surface area contributed by atoms with Gasteiger partial charge in [-0.2, -0.15) is 15.4 Å². The maximum absolute atomic E-state index is 11.3. The summed E-state index contributed by atoms with van der Waals surface area (Å²) in [7, 11) is 1.60. The Balaban J connectivity index is 2.42. The zero-order valence-electron chi connectivity index (χ0n) is 9.02. The average molecular weight is 217 g/mol. The van der Waals surface area contributed by atoms with E-state index < -0.39 is 0 Å². The number of hydrogen-bond acceptors (Lipinski definition) is 4. The van der Waals surface area contributed by atoms with Crippen molar-refractivity contribution in [1.29, 1.82) is 0 Å². The third-order valence-corrected chi connectivity index (χ3v) is 2.24. The number of nitrogens with zero attached hydrogens (tertiary/aromatic N) is 2. The van der Waals surface area contributed by atoms with Crippen molar-refractivity contribution >= 4 is 5.78 Å². The lowest BCUT2D eigenvalue weighted by Gasteiger charge is -2.01. The van der Waals surface area contributed by atoms with Crippen LogP contribution in [0.4, 0.5) is 0 Å². The maximum Gasteiger partial charge on any atom is 0.182 e. The van der Waals surface area contributed by atoms with Crippen LogP contribution in [0, 0.1) is 0 Å². The lowest BCUT2D eigenvalue weighted by atomic mass is 10.1. The second-order valence-electron chi connectivity index (χ2n) is 3.31. The normalized spacial score (nSPS) is 10.1. The minimum atomic E-state index is -0.112. The largest absolute Gasteiger partial charge is 0.497 e. The van der Waals surface area contributed by atoms with Crippen LogP contribution in [0.3, 0.4) is 0 Å². The number of aromatic nitrogens is 3. The van der Waals surface area contributed by atoms with Gasteiger partial charge in [0.15, 0.2) is 11.5 Å². The van der Waals surface area contributed by atoms with Crippen molar-refractivity contribution in [1.82, 2.24) is 15.4 Å². The van der Waals surface area contributed by atoms with Gasteiger partial charge in [-0.05, 0) is 24.3 Å². The van der Waals surface area contributed by atoms with Crippen molar-refractivity contribution in [3.63, 3.8) is 0 Å². The number of benzene rings is 1. The van der Waals surface area contributed by atoms with Gasteiger partial charge in [-0.3, -0.25) is 4.79 Å². The molecule has 2 aromatic rings. The molecule has 0 spiro atoms. The van der Waals surface area contributed by atoms with Gasteiger partial charge in [0.25, 0.3) is 0 Å². The average Bonchev–Trinajstić information content (AvgIpc) is 2.78. The number of rotatable bonds is 3.